The Morgan fingerprint density at radius 2 is 1.89 bits per heavy atom. The van der Waals surface area contributed by atoms with Crippen LogP contribution in [0.1, 0.15) is 21.5 Å². The monoisotopic (exact) mass is 260 g/mol. The van der Waals surface area contributed by atoms with E-state index in [-0.39, 0.29) is 0 Å². The maximum atomic E-state index is 10.9. The Bertz CT molecular complexity index is 547. The highest BCUT2D eigenvalue weighted by Gasteiger charge is 2.01. The number of ether oxygens (including phenoxy) is 1. The summed E-state index contributed by atoms with van der Waals surface area (Å²) in [4.78, 5) is 10.9. The molecule has 0 fully saturated rings. The summed E-state index contributed by atoms with van der Waals surface area (Å²) in [5.41, 5.74) is 2.80. The van der Waals surface area contributed by atoms with Crippen LogP contribution in [0.15, 0.2) is 48.5 Å². The van der Waals surface area contributed by atoms with E-state index >= 15 is 0 Å². The largest absolute Gasteiger partial charge is 0.489 e. The van der Waals surface area contributed by atoms with Crippen LogP contribution < -0.4 is 4.74 Å². The fourth-order valence-corrected chi connectivity index (χ4v) is 1.78. The number of carbonyl (C=O) groups excluding carboxylic acids is 1. The van der Waals surface area contributed by atoms with Crippen LogP contribution in [0.5, 0.6) is 5.75 Å². The predicted octanol–water partition coefficient (Wildman–Crippen LogP) is 3.95. The van der Waals surface area contributed by atoms with Crippen LogP contribution in [0.25, 0.3) is 0 Å². The number of rotatable bonds is 4. The zero-order valence-electron chi connectivity index (χ0n) is 10.0. The van der Waals surface area contributed by atoms with Crippen molar-refractivity contribution < 1.29 is 9.53 Å². The summed E-state index contributed by atoms with van der Waals surface area (Å²) in [7, 11) is 0. The number of hydrogen-bond acceptors (Lipinski definition) is 2. The highest BCUT2D eigenvalue weighted by Crippen LogP contribution is 2.15. The second-order valence-corrected chi connectivity index (χ2v) is 4.42. The number of halogens is 1. The van der Waals surface area contributed by atoms with E-state index in [1.54, 1.807) is 24.3 Å². The fraction of sp³-hybridized carbons (Fsp3) is 0.133. The smallest absolute Gasteiger partial charge is 0.252 e. The normalized spacial score (nSPS) is 10.1. The lowest BCUT2D eigenvalue weighted by Crippen LogP contribution is -1.96. The summed E-state index contributed by atoms with van der Waals surface area (Å²) in [5.74, 6) is 0.721. The lowest BCUT2D eigenvalue weighted by molar-refractivity contribution is 0.108. The highest BCUT2D eigenvalue weighted by atomic mass is 35.5. The molecule has 2 aromatic rings. The molecular weight excluding hydrogens is 248 g/mol. The third-order valence-electron chi connectivity index (χ3n) is 2.57. The molecule has 0 N–H and O–H groups in total. The second kappa shape index (κ2) is 5.69. The van der Waals surface area contributed by atoms with Crippen LogP contribution in [-0.4, -0.2) is 5.24 Å². The molecule has 2 aromatic carbocycles. The van der Waals surface area contributed by atoms with Gasteiger partial charge in [-0.25, -0.2) is 0 Å². The van der Waals surface area contributed by atoms with Crippen molar-refractivity contribution in [3.8, 4) is 5.75 Å². The Labute approximate surface area is 111 Å². The topological polar surface area (TPSA) is 26.3 Å². The average molecular weight is 261 g/mol. The van der Waals surface area contributed by atoms with Crippen molar-refractivity contribution in [2.45, 2.75) is 13.5 Å². The summed E-state index contributed by atoms with van der Waals surface area (Å²) < 4.78 is 5.63. The SMILES string of the molecule is Cc1cccc(COc2ccc(C(=O)Cl)cc2)c1. The molecule has 0 amide bonds. The molecular formula is C15H13ClO2. The van der Waals surface area contributed by atoms with Crippen LogP contribution in [0.3, 0.4) is 0 Å². The Kier molecular flexibility index (Phi) is 4.00. The number of carbonyl (C=O) groups is 1. The highest BCUT2D eigenvalue weighted by molar-refractivity contribution is 6.67. The first-order valence-corrected chi connectivity index (χ1v) is 6.01. The molecule has 0 radical (unpaired) electrons. The zero-order valence-corrected chi connectivity index (χ0v) is 10.8. The Balaban J connectivity index is 2.00. The van der Waals surface area contributed by atoms with E-state index in [9.17, 15) is 4.79 Å². The molecule has 2 nitrogen and oxygen atoms in total. The fourth-order valence-electron chi connectivity index (χ4n) is 1.65. The molecule has 3 heteroatoms. The minimum atomic E-state index is -0.458. The summed E-state index contributed by atoms with van der Waals surface area (Å²) >= 11 is 5.37. The summed E-state index contributed by atoms with van der Waals surface area (Å²) in [5, 5.41) is -0.458. The molecule has 0 aromatic heterocycles. The minimum absolute atomic E-state index is 0.458. The molecule has 0 aliphatic carbocycles. The molecule has 0 spiro atoms. The van der Waals surface area contributed by atoms with Crippen LogP contribution >= 0.6 is 11.6 Å². The van der Waals surface area contributed by atoms with Gasteiger partial charge in [-0.05, 0) is 48.4 Å². The van der Waals surface area contributed by atoms with Crippen LogP contribution in [0, 0.1) is 6.92 Å². The lowest BCUT2D eigenvalue weighted by Gasteiger charge is -2.07. The van der Waals surface area contributed by atoms with Crippen molar-refractivity contribution in [3.05, 3.63) is 65.2 Å². The van der Waals surface area contributed by atoms with Crippen LogP contribution in [0.4, 0.5) is 0 Å². The van der Waals surface area contributed by atoms with Gasteiger partial charge in [0.2, 0.25) is 0 Å². The van der Waals surface area contributed by atoms with Crippen molar-refractivity contribution in [2.75, 3.05) is 0 Å². The van der Waals surface area contributed by atoms with Gasteiger partial charge in [0.05, 0.1) is 0 Å². The second-order valence-electron chi connectivity index (χ2n) is 4.08. The van der Waals surface area contributed by atoms with Gasteiger partial charge in [0.15, 0.2) is 0 Å². The zero-order chi connectivity index (χ0) is 13.0. The molecule has 0 saturated carbocycles. The molecule has 0 unspecified atom stereocenters. The van der Waals surface area contributed by atoms with E-state index in [1.807, 2.05) is 25.1 Å². The Morgan fingerprint density at radius 1 is 1.17 bits per heavy atom. The number of aryl methyl sites for hydroxylation is 1. The standard InChI is InChI=1S/C15H13ClO2/c1-11-3-2-4-12(9-11)10-18-14-7-5-13(6-8-14)15(16)17/h2-9H,10H2,1H3. The van der Waals surface area contributed by atoms with E-state index in [4.69, 9.17) is 16.3 Å². The molecule has 0 aliphatic heterocycles. The molecule has 0 atom stereocenters. The van der Waals surface area contributed by atoms with E-state index in [2.05, 4.69) is 6.07 Å². The number of benzene rings is 2. The summed E-state index contributed by atoms with van der Waals surface area (Å²) in [6.45, 7) is 2.56. The Hall–Kier alpha value is -1.80. The molecule has 0 aliphatic rings. The predicted molar refractivity (Wildman–Crippen MR) is 72.1 cm³/mol. The third-order valence-corrected chi connectivity index (χ3v) is 2.79. The first-order chi connectivity index (χ1) is 8.65. The minimum Gasteiger partial charge on any atom is -0.489 e. The van der Waals surface area contributed by atoms with Crippen molar-refractivity contribution >= 4 is 16.8 Å². The van der Waals surface area contributed by atoms with Crippen molar-refractivity contribution in [1.29, 1.82) is 0 Å². The molecule has 92 valence electrons. The maximum Gasteiger partial charge on any atom is 0.252 e. The van der Waals surface area contributed by atoms with Gasteiger partial charge in [-0.3, -0.25) is 4.79 Å². The van der Waals surface area contributed by atoms with E-state index in [0.29, 0.717) is 12.2 Å². The molecule has 0 saturated heterocycles. The van der Waals surface area contributed by atoms with Crippen LogP contribution in [0.2, 0.25) is 0 Å². The van der Waals surface area contributed by atoms with Gasteiger partial charge in [-0.2, -0.15) is 0 Å². The van der Waals surface area contributed by atoms with E-state index in [1.165, 1.54) is 5.56 Å². The first kappa shape index (κ1) is 12.7. The van der Waals surface area contributed by atoms with Crippen LogP contribution in [-0.2, 0) is 6.61 Å². The first-order valence-electron chi connectivity index (χ1n) is 5.63. The van der Waals surface area contributed by atoms with Crippen molar-refractivity contribution in [2.24, 2.45) is 0 Å². The van der Waals surface area contributed by atoms with Gasteiger partial charge in [0, 0.05) is 5.56 Å². The average Bonchev–Trinajstić information content (AvgIpc) is 2.37. The summed E-state index contributed by atoms with van der Waals surface area (Å²) in [6, 6.07) is 14.9. The molecule has 0 heterocycles. The van der Waals surface area contributed by atoms with Gasteiger partial charge < -0.3 is 4.74 Å². The third kappa shape index (κ3) is 3.34. The molecule has 2 rings (SSSR count). The van der Waals surface area contributed by atoms with Gasteiger partial charge in [0.25, 0.3) is 5.24 Å². The quantitative estimate of drug-likeness (QED) is 0.778. The lowest BCUT2D eigenvalue weighted by atomic mass is 10.1. The van der Waals surface area contributed by atoms with Gasteiger partial charge in [-0.15, -0.1) is 0 Å². The van der Waals surface area contributed by atoms with Crippen molar-refractivity contribution in [1.82, 2.24) is 0 Å². The Morgan fingerprint density at radius 3 is 2.50 bits per heavy atom. The molecule has 18 heavy (non-hydrogen) atoms. The molecule has 0 bridgehead atoms. The van der Waals surface area contributed by atoms with Gasteiger partial charge >= 0.3 is 0 Å². The van der Waals surface area contributed by atoms with Crippen molar-refractivity contribution in [3.63, 3.8) is 0 Å². The van der Waals surface area contributed by atoms with Gasteiger partial charge in [0.1, 0.15) is 12.4 Å². The van der Waals surface area contributed by atoms with Gasteiger partial charge in [-0.1, -0.05) is 29.8 Å². The summed E-state index contributed by atoms with van der Waals surface area (Å²) in [6.07, 6.45) is 0. The van der Waals surface area contributed by atoms with E-state index < -0.39 is 5.24 Å². The van der Waals surface area contributed by atoms with E-state index in [0.717, 1.165) is 11.3 Å². The maximum absolute atomic E-state index is 10.9. The number of hydrogen-bond donors (Lipinski definition) is 0.